The van der Waals surface area contributed by atoms with Crippen molar-refractivity contribution in [3.05, 3.63) is 71.3 Å². The Morgan fingerprint density at radius 3 is 2.38 bits per heavy atom. The molecule has 132 valence electrons. The number of nitrogens with zero attached hydrogens (tertiary/aromatic N) is 2. The van der Waals surface area contributed by atoms with E-state index in [0.29, 0.717) is 24.3 Å². The molecular formula is C22H22N2O2. The van der Waals surface area contributed by atoms with Crippen molar-refractivity contribution in [1.29, 1.82) is 5.26 Å². The maximum atomic E-state index is 13.1. The van der Waals surface area contributed by atoms with E-state index in [4.69, 9.17) is 4.74 Å². The van der Waals surface area contributed by atoms with Crippen LogP contribution >= 0.6 is 0 Å². The molecule has 2 heterocycles. The van der Waals surface area contributed by atoms with Gasteiger partial charge in [0, 0.05) is 30.1 Å². The molecule has 2 atom stereocenters. The summed E-state index contributed by atoms with van der Waals surface area (Å²) in [6.45, 7) is 2.25. The van der Waals surface area contributed by atoms with Crippen LogP contribution in [0.1, 0.15) is 34.3 Å². The van der Waals surface area contributed by atoms with E-state index in [1.165, 1.54) is 5.56 Å². The predicted molar refractivity (Wildman–Crippen MR) is 98.6 cm³/mol. The molecule has 2 unspecified atom stereocenters. The second kappa shape index (κ2) is 7.41. The van der Waals surface area contributed by atoms with Crippen molar-refractivity contribution in [2.75, 3.05) is 13.2 Å². The monoisotopic (exact) mass is 346 g/mol. The zero-order valence-corrected chi connectivity index (χ0v) is 14.7. The molecule has 0 N–H and O–H groups in total. The average molecular weight is 346 g/mol. The lowest BCUT2D eigenvalue weighted by Crippen LogP contribution is -2.57. The van der Waals surface area contributed by atoms with Gasteiger partial charge in [0.1, 0.15) is 0 Å². The van der Waals surface area contributed by atoms with E-state index in [2.05, 4.69) is 35.2 Å². The molecular weight excluding hydrogens is 324 g/mol. The first kappa shape index (κ1) is 17.0. The van der Waals surface area contributed by atoms with Crippen LogP contribution in [0, 0.1) is 17.2 Å². The van der Waals surface area contributed by atoms with Crippen molar-refractivity contribution in [2.45, 2.75) is 31.5 Å². The Balaban J connectivity index is 1.53. The fourth-order valence-corrected chi connectivity index (χ4v) is 4.27. The van der Waals surface area contributed by atoms with Crippen LogP contribution in [-0.2, 0) is 11.3 Å². The second-order valence-corrected chi connectivity index (χ2v) is 7.19. The highest BCUT2D eigenvalue weighted by atomic mass is 16.5. The van der Waals surface area contributed by atoms with Gasteiger partial charge in [-0.2, -0.15) is 5.26 Å². The maximum absolute atomic E-state index is 13.1. The molecule has 0 aromatic heterocycles. The number of fused-ring (bicyclic) bond motifs is 2. The highest BCUT2D eigenvalue weighted by Crippen LogP contribution is 2.35. The zero-order valence-electron chi connectivity index (χ0n) is 14.7. The van der Waals surface area contributed by atoms with Gasteiger partial charge in [-0.25, -0.2) is 0 Å². The SMILES string of the molecule is N#Cc1ccccc1C(=O)C1CC2COCC(C1)N2Cc1ccccc1. The van der Waals surface area contributed by atoms with Crippen molar-refractivity contribution in [3.63, 3.8) is 0 Å². The Morgan fingerprint density at radius 1 is 1.04 bits per heavy atom. The summed E-state index contributed by atoms with van der Waals surface area (Å²) in [7, 11) is 0. The zero-order chi connectivity index (χ0) is 17.9. The summed E-state index contributed by atoms with van der Waals surface area (Å²) in [5, 5.41) is 9.30. The highest BCUT2D eigenvalue weighted by Gasteiger charge is 2.41. The molecule has 0 radical (unpaired) electrons. The Labute approximate surface area is 154 Å². The van der Waals surface area contributed by atoms with Crippen LogP contribution in [0.15, 0.2) is 54.6 Å². The van der Waals surface area contributed by atoms with Gasteiger partial charge in [-0.3, -0.25) is 9.69 Å². The number of rotatable bonds is 4. The Hall–Kier alpha value is -2.48. The van der Waals surface area contributed by atoms with Gasteiger partial charge in [0.05, 0.1) is 24.8 Å². The first-order valence-electron chi connectivity index (χ1n) is 9.17. The number of ether oxygens (including phenoxy) is 1. The van der Waals surface area contributed by atoms with Crippen LogP contribution in [0.4, 0.5) is 0 Å². The number of carbonyl (C=O) groups is 1. The lowest BCUT2D eigenvalue weighted by molar-refractivity contribution is -0.0872. The number of ketones is 1. The van der Waals surface area contributed by atoms with Gasteiger partial charge in [0.2, 0.25) is 0 Å². The first-order chi connectivity index (χ1) is 12.8. The summed E-state index contributed by atoms with van der Waals surface area (Å²) in [6, 6.07) is 20.3. The number of carbonyl (C=O) groups excluding carboxylic acids is 1. The van der Waals surface area contributed by atoms with Crippen molar-refractivity contribution >= 4 is 5.78 Å². The molecule has 4 heteroatoms. The number of Topliss-reactive ketones (excluding diaryl/α,β-unsaturated/α-hetero) is 1. The topological polar surface area (TPSA) is 53.3 Å². The quantitative estimate of drug-likeness (QED) is 0.796. The third kappa shape index (κ3) is 3.29. The van der Waals surface area contributed by atoms with Crippen LogP contribution in [0.5, 0.6) is 0 Å². The van der Waals surface area contributed by atoms with Crippen LogP contribution < -0.4 is 0 Å². The lowest BCUT2D eigenvalue weighted by Gasteiger charge is -2.48. The molecule has 0 saturated carbocycles. The second-order valence-electron chi connectivity index (χ2n) is 7.19. The Morgan fingerprint density at radius 2 is 1.69 bits per heavy atom. The Bertz CT molecular complexity index is 814. The van der Waals surface area contributed by atoms with E-state index >= 15 is 0 Å². The van der Waals surface area contributed by atoms with Crippen molar-refractivity contribution in [3.8, 4) is 6.07 Å². The van der Waals surface area contributed by atoms with E-state index in [1.54, 1.807) is 18.2 Å². The van der Waals surface area contributed by atoms with Crippen molar-refractivity contribution < 1.29 is 9.53 Å². The molecule has 0 amide bonds. The minimum Gasteiger partial charge on any atom is -0.378 e. The van der Waals surface area contributed by atoms with Gasteiger partial charge >= 0.3 is 0 Å². The van der Waals surface area contributed by atoms with Crippen LogP contribution in [0.25, 0.3) is 0 Å². The predicted octanol–water partition coefficient (Wildman–Crippen LogP) is 3.42. The molecule has 2 aliphatic rings. The summed E-state index contributed by atoms with van der Waals surface area (Å²) in [5.41, 5.74) is 2.34. The fourth-order valence-electron chi connectivity index (χ4n) is 4.27. The molecule has 0 aliphatic carbocycles. The minimum atomic E-state index is -0.0320. The normalized spacial score (nSPS) is 25.4. The van der Waals surface area contributed by atoms with Crippen molar-refractivity contribution in [2.24, 2.45) is 5.92 Å². The molecule has 2 saturated heterocycles. The van der Waals surface area contributed by atoms with E-state index in [0.717, 1.165) is 19.4 Å². The first-order valence-corrected chi connectivity index (χ1v) is 9.17. The summed E-state index contributed by atoms with van der Waals surface area (Å²) in [5.74, 6) is 0.0776. The number of hydrogen-bond acceptors (Lipinski definition) is 4. The van der Waals surface area contributed by atoms with E-state index in [1.807, 2.05) is 12.1 Å². The summed E-state index contributed by atoms with van der Waals surface area (Å²) in [4.78, 5) is 15.6. The largest absolute Gasteiger partial charge is 0.378 e. The van der Waals surface area contributed by atoms with E-state index in [-0.39, 0.29) is 23.8 Å². The molecule has 4 nitrogen and oxygen atoms in total. The van der Waals surface area contributed by atoms with Gasteiger partial charge < -0.3 is 4.74 Å². The molecule has 2 aliphatic heterocycles. The number of benzene rings is 2. The molecule has 2 aromatic rings. The molecule has 26 heavy (non-hydrogen) atoms. The number of nitriles is 1. The van der Waals surface area contributed by atoms with Crippen molar-refractivity contribution in [1.82, 2.24) is 4.90 Å². The van der Waals surface area contributed by atoms with Gasteiger partial charge in [-0.15, -0.1) is 0 Å². The summed E-state index contributed by atoms with van der Waals surface area (Å²) < 4.78 is 5.78. The standard InChI is InChI=1S/C22H22N2O2/c23-12-17-8-4-5-9-21(17)22(25)18-10-19-14-26-15-20(11-18)24(19)13-16-6-2-1-3-7-16/h1-9,18-20H,10-11,13-15H2. The van der Waals surface area contributed by atoms with Crippen LogP contribution in [0.2, 0.25) is 0 Å². The molecule has 2 aromatic carbocycles. The molecule has 2 bridgehead atoms. The van der Waals surface area contributed by atoms with Gasteiger partial charge in [-0.1, -0.05) is 48.5 Å². The van der Waals surface area contributed by atoms with Gasteiger partial charge in [0.25, 0.3) is 0 Å². The fraction of sp³-hybridized carbons (Fsp3) is 0.364. The van der Waals surface area contributed by atoms with E-state index < -0.39 is 0 Å². The van der Waals surface area contributed by atoms with E-state index in [9.17, 15) is 10.1 Å². The van der Waals surface area contributed by atoms with Crippen LogP contribution in [0.3, 0.4) is 0 Å². The van der Waals surface area contributed by atoms with Gasteiger partial charge in [-0.05, 0) is 24.5 Å². The smallest absolute Gasteiger partial charge is 0.167 e. The lowest BCUT2D eigenvalue weighted by atomic mass is 9.79. The third-order valence-corrected chi connectivity index (χ3v) is 5.56. The number of morpholine rings is 1. The highest BCUT2D eigenvalue weighted by molar-refractivity contribution is 6.00. The molecule has 2 fully saturated rings. The number of hydrogen-bond donors (Lipinski definition) is 0. The van der Waals surface area contributed by atoms with Gasteiger partial charge in [0.15, 0.2) is 5.78 Å². The maximum Gasteiger partial charge on any atom is 0.167 e. The minimum absolute atomic E-state index is 0.0320. The average Bonchev–Trinajstić information content (AvgIpc) is 2.68. The van der Waals surface area contributed by atoms with Crippen LogP contribution in [-0.4, -0.2) is 36.0 Å². The third-order valence-electron chi connectivity index (χ3n) is 5.56. The summed E-state index contributed by atoms with van der Waals surface area (Å²) >= 11 is 0. The molecule has 4 rings (SSSR count). The Kier molecular flexibility index (Phi) is 4.83. The molecule has 0 spiro atoms. The summed E-state index contributed by atoms with van der Waals surface area (Å²) in [6.07, 6.45) is 1.59. The number of piperidine rings is 1.